The number of esters is 1. The Kier molecular flexibility index (Phi) is 7.26. The molecule has 148 valence electrons. The molecule has 0 spiro atoms. The summed E-state index contributed by atoms with van der Waals surface area (Å²) in [4.78, 5) is 34.9. The molecule has 0 aliphatic heterocycles. The van der Waals surface area contributed by atoms with Crippen LogP contribution < -0.4 is 5.32 Å². The summed E-state index contributed by atoms with van der Waals surface area (Å²) in [5.41, 5.74) is 1.58. The number of ether oxygens (including phenoxy) is 1. The predicted octanol–water partition coefficient (Wildman–Crippen LogP) is 3.76. The van der Waals surface area contributed by atoms with Gasteiger partial charge in [-0.2, -0.15) is 0 Å². The highest BCUT2D eigenvalue weighted by Gasteiger charge is 2.21. The van der Waals surface area contributed by atoms with Crippen LogP contribution in [0.5, 0.6) is 0 Å². The lowest BCUT2D eigenvalue weighted by molar-refractivity contribution is -0.385. The fourth-order valence-electron chi connectivity index (χ4n) is 2.86. The van der Waals surface area contributed by atoms with Crippen LogP contribution in [0, 0.1) is 17.0 Å². The number of carbonyl (C=O) groups excluding carboxylic acids is 2. The Morgan fingerprint density at radius 1 is 1.18 bits per heavy atom. The van der Waals surface area contributed by atoms with Gasteiger partial charge in [0.2, 0.25) is 0 Å². The zero-order valence-electron chi connectivity index (χ0n) is 16.2. The van der Waals surface area contributed by atoms with E-state index in [1.165, 1.54) is 25.1 Å². The van der Waals surface area contributed by atoms with Gasteiger partial charge in [0.1, 0.15) is 0 Å². The fourth-order valence-corrected chi connectivity index (χ4v) is 2.86. The summed E-state index contributed by atoms with van der Waals surface area (Å²) in [6, 6.07) is 13.8. The third-order valence-electron chi connectivity index (χ3n) is 4.57. The zero-order chi connectivity index (χ0) is 20.7. The van der Waals surface area contributed by atoms with Gasteiger partial charge in [0.25, 0.3) is 11.6 Å². The van der Waals surface area contributed by atoms with E-state index in [9.17, 15) is 19.7 Å². The van der Waals surface area contributed by atoms with E-state index in [0.29, 0.717) is 12.1 Å². The molecule has 2 rings (SSSR count). The number of rotatable bonds is 8. The van der Waals surface area contributed by atoms with E-state index >= 15 is 0 Å². The Hall–Kier alpha value is -3.22. The molecule has 0 bridgehead atoms. The van der Waals surface area contributed by atoms with Crippen LogP contribution in [0.15, 0.2) is 48.5 Å². The van der Waals surface area contributed by atoms with Crippen LogP contribution in [-0.2, 0) is 9.53 Å². The summed E-state index contributed by atoms with van der Waals surface area (Å²) in [5, 5.41) is 13.7. The minimum Gasteiger partial charge on any atom is -0.449 e. The summed E-state index contributed by atoms with van der Waals surface area (Å²) < 4.78 is 5.20. The second kappa shape index (κ2) is 9.64. The van der Waals surface area contributed by atoms with E-state index in [1.807, 2.05) is 37.3 Å². The summed E-state index contributed by atoms with van der Waals surface area (Å²) >= 11 is 0. The van der Waals surface area contributed by atoms with Crippen LogP contribution in [0.1, 0.15) is 47.7 Å². The lowest BCUT2D eigenvalue weighted by atomic mass is 9.96. The maximum atomic E-state index is 12.3. The number of carbonyl (C=O) groups is 2. The highest BCUT2D eigenvalue weighted by atomic mass is 16.6. The number of hydrogen-bond donors (Lipinski definition) is 1. The van der Waals surface area contributed by atoms with E-state index < -0.39 is 17.0 Å². The quantitative estimate of drug-likeness (QED) is 0.424. The number of aryl methyl sites for hydroxylation is 1. The number of nitro benzene ring substituents is 1. The normalized spacial score (nSPS) is 12.7. The number of amides is 1. The minimum absolute atomic E-state index is 0.0751. The Morgan fingerprint density at radius 3 is 2.43 bits per heavy atom. The first kappa shape index (κ1) is 21.1. The molecule has 7 nitrogen and oxygen atoms in total. The molecule has 2 aromatic carbocycles. The van der Waals surface area contributed by atoms with Gasteiger partial charge >= 0.3 is 5.97 Å². The molecule has 0 aliphatic carbocycles. The van der Waals surface area contributed by atoms with E-state index in [1.54, 1.807) is 6.92 Å². The smallest absolute Gasteiger partial charge is 0.338 e. The number of nitrogens with zero attached hydrogens (tertiary/aromatic N) is 1. The maximum absolute atomic E-state index is 12.3. The highest BCUT2D eigenvalue weighted by Crippen LogP contribution is 2.20. The molecule has 2 atom stereocenters. The van der Waals surface area contributed by atoms with Crippen LogP contribution in [-0.4, -0.2) is 29.4 Å². The van der Waals surface area contributed by atoms with Gasteiger partial charge in [0, 0.05) is 24.1 Å². The van der Waals surface area contributed by atoms with Crippen molar-refractivity contribution in [3.8, 4) is 0 Å². The largest absolute Gasteiger partial charge is 0.449 e. The molecular weight excluding hydrogens is 360 g/mol. The molecule has 0 saturated carbocycles. The lowest BCUT2D eigenvalue weighted by Gasteiger charge is -2.18. The first-order chi connectivity index (χ1) is 13.3. The number of nitro groups is 1. The average molecular weight is 384 g/mol. The molecule has 0 saturated heterocycles. The molecule has 0 radical (unpaired) electrons. The van der Waals surface area contributed by atoms with Crippen LogP contribution in [0.2, 0.25) is 0 Å². The summed E-state index contributed by atoms with van der Waals surface area (Å²) in [6.07, 6.45) is -0.114. The molecule has 0 aliphatic rings. The van der Waals surface area contributed by atoms with Gasteiger partial charge in [-0.25, -0.2) is 4.79 Å². The van der Waals surface area contributed by atoms with Gasteiger partial charge in [-0.1, -0.05) is 37.3 Å². The van der Waals surface area contributed by atoms with Crippen molar-refractivity contribution in [2.45, 2.75) is 39.2 Å². The number of hydrogen-bond acceptors (Lipinski definition) is 5. The molecule has 28 heavy (non-hydrogen) atoms. The molecular formula is C21H24N2O5. The molecule has 0 fully saturated rings. The molecule has 0 heterocycles. The Balaban J connectivity index is 1.93. The zero-order valence-corrected chi connectivity index (χ0v) is 16.2. The minimum atomic E-state index is -0.976. The molecule has 2 aromatic rings. The van der Waals surface area contributed by atoms with Crippen LogP contribution in [0.4, 0.5) is 5.69 Å². The second-order valence-electron chi connectivity index (χ2n) is 6.57. The third-order valence-corrected chi connectivity index (χ3v) is 4.57. The van der Waals surface area contributed by atoms with Crippen molar-refractivity contribution < 1.29 is 19.2 Å². The van der Waals surface area contributed by atoms with Gasteiger partial charge in [0.05, 0.1) is 10.5 Å². The van der Waals surface area contributed by atoms with E-state index in [-0.39, 0.29) is 23.1 Å². The van der Waals surface area contributed by atoms with Crippen LogP contribution in [0.25, 0.3) is 0 Å². The van der Waals surface area contributed by atoms with Gasteiger partial charge in [-0.3, -0.25) is 14.9 Å². The standard InChI is InChI=1S/C21H24N2O5/c1-4-16(17-8-6-5-7-9-17)13-22-20(24)15(3)28-21(25)18-10-11-19(23(26)27)14(2)12-18/h5-12,15-16H,4,13H2,1-3H3,(H,22,24)/t15-,16-/m0/s1. The first-order valence-corrected chi connectivity index (χ1v) is 9.12. The van der Waals surface area contributed by atoms with Gasteiger partial charge in [-0.15, -0.1) is 0 Å². The van der Waals surface area contributed by atoms with Crippen molar-refractivity contribution in [1.29, 1.82) is 0 Å². The Morgan fingerprint density at radius 2 is 1.86 bits per heavy atom. The maximum Gasteiger partial charge on any atom is 0.338 e. The van der Waals surface area contributed by atoms with Crippen molar-refractivity contribution in [3.63, 3.8) is 0 Å². The van der Waals surface area contributed by atoms with Gasteiger partial charge in [-0.05, 0) is 38.0 Å². The fraction of sp³-hybridized carbons (Fsp3) is 0.333. The number of benzene rings is 2. The molecule has 0 unspecified atom stereocenters. The van der Waals surface area contributed by atoms with Crippen molar-refractivity contribution in [2.75, 3.05) is 6.54 Å². The predicted molar refractivity (Wildman–Crippen MR) is 105 cm³/mol. The van der Waals surface area contributed by atoms with Crippen molar-refractivity contribution in [3.05, 3.63) is 75.3 Å². The lowest BCUT2D eigenvalue weighted by Crippen LogP contribution is -2.38. The molecule has 7 heteroatoms. The summed E-state index contributed by atoms with van der Waals surface area (Å²) in [5.74, 6) is -0.914. The van der Waals surface area contributed by atoms with Crippen molar-refractivity contribution in [1.82, 2.24) is 5.32 Å². The second-order valence-corrected chi connectivity index (χ2v) is 6.57. The van der Waals surface area contributed by atoms with Crippen LogP contribution >= 0.6 is 0 Å². The average Bonchev–Trinajstić information content (AvgIpc) is 2.68. The van der Waals surface area contributed by atoms with E-state index in [0.717, 1.165) is 12.0 Å². The highest BCUT2D eigenvalue weighted by molar-refractivity contribution is 5.92. The van der Waals surface area contributed by atoms with Gasteiger partial charge in [0.15, 0.2) is 6.10 Å². The van der Waals surface area contributed by atoms with Crippen molar-refractivity contribution >= 4 is 17.6 Å². The topological polar surface area (TPSA) is 98.5 Å². The summed E-state index contributed by atoms with van der Waals surface area (Å²) in [7, 11) is 0. The van der Waals surface area contributed by atoms with Crippen molar-refractivity contribution in [2.24, 2.45) is 0 Å². The van der Waals surface area contributed by atoms with E-state index in [4.69, 9.17) is 4.74 Å². The first-order valence-electron chi connectivity index (χ1n) is 9.12. The van der Waals surface area contributed by atoms with Gasteiger partial charge < -0.3 is 10.1 Å². The monoisotopic (exact) mass is 384 g/mol. The summed E-state index contributed by atoms with van der Waals surface area (Å²) in [6.45, 7) is 5.52. The Bertz CT molecular complexity index is 851. The third kappa shape index (κ3) is 5.39. The van der Waals surface area contributed by atoms with Crippen LogP contribution in [0.3, 0.4) is 0 Å². The number of nitrogens with one attached hydrogen (secondary N) is 1. The van der Waals surface area contributed by atoms with E-state index in [2.05, 4.69) is 5.32 Å². The SMILES string of the molecule is CC[C@@H](CNC(=O)[C@H](C)OC(=O)c1ccc([N+](=O)[O-])c(C)c1)c1ccccc1. The molecule has 0 aromatic heterocycles. The molecule has 1 N–H and O–H groups in total. The Labute approximate surface area is 163 Å². The molecule has 1 amide bonds.